The van der Waals surface area contributed by atoms with Crippen molar-refractivity contribution in [2.75, 3.05) is 20.2 Å². The van der Waals surface area contributed by atoms with Gasteiger partial charge >= 0.3 is 0 Å². The number of hydrogen-bond acceptors (Lipinski definition) is 3. The molecule has 2 nitrogen and oxygen atoms in total. The first-order valence-electron chi connectivity index (χ1n) is 5.31. The lowest BCUT2D eigenvalue weighted by Gasteiger charge is -2.31. The van der Waals surface area contributed by atoms with Crippen molar-refractivity contribution in [3.63, 3.8) is 0 Å². The van der Waals surface area contributed by atoms with Crippen LogP contribution >= 0.6 is 27.3 Å². The van der Waals surface area contributed by atoms with Gasteiger partial charge in [0.25, 0.3) is 0 Å². The Labute approximate surface area is 103 Å². The lowest BCUT2D eigenvalue weighted by atomic mass is 9.93. The monoisotopic (exact) mass is 289 g/mol. The lowest BCUT2D eigenvalue weighted by Crippen LogP contribution is -2.29. The summed E-state index contributed by atoms with van der Waals surface area (Å²) in [6.45, 7) is 1.95. The van der Waals surface area contributed by atoms with Crippen LogP contribution in [0.5, 0.6) is 0 Å². The standard InChI is InChI=1S/C11H16BrNOS/c1-13-6-8-3-2-4-14-11(8)10-5-9(12)7-15-10/h5,7-8,11,13H,2-4,6H2,1H3. The summed E-state index contributed by atoms with van der Waals surface area (Å²) in [4.78, 5) is 1.35. The molecule has 2 heterocycles. The number of halogens is 1. The Hall–Kier alpha value is 0.1000. The minimum atomic E-state index is 0.294. The van der Waals surface area contributed by atoms with E-state index in [4.69, 9.17) is 4.74 Å². The average molecular weight is 290 g/mol. The fourth-order valence-electron chi connectivity index (χ4n) is 2.11. The van der Waals surface area contributed by atoms with Gasteiger partial charge in [-0.05, 0) is 41.9 Å². The second-order valence-electron chi connectivity index (χ2n) is 3.92. The highest BCUT2D eigenvalue weighted by Crippen LogP contribution is 2.37. The van der Waals surface area contributed by atoms with Crippen molar-refractivity contribution >= 4 is 27.3 Å². The van der Waals surface area contributed by atoms with Crippen molar-refractivity contribution in [1.29, 1.82) is 0 Å². The molecule has 0 aliphatic carbocycles. The Kier molecular flexibility index (Phi) is 4.20. The third-order valence-electron chi connectivity index (χ3n) is 2.78. The van der Waals surface area contributed by atoms with E-state index in [1.807, 2.05) is 7.05 Å². The van der Waals surface area contributed by atoms with E-state index in [2.05, 4.69) is 32.7 Å². The van der Waals surface area contributed by atoms with Crippen LogP contribution in [0.2, 0.25) is 0 Å². The van der Waals surface area contributed by atoms with E-state index in [9.17, 15) is 0 Å². The predicted molar refractivity (Wildman–Crippen MR) is 67.4 cm³/mol. The van der Waals surface area contributed by atoms with Crippen LogP contribution in [0.25, 0.3) is 0 Å². The van der Waals surface area contributed by atoms with Gasteiger partial charge in [-0.15, -0.1) is 11.3 Å². The highest BCUT2D eigenvalue weighted by Gasteiger charge is 2.27. The van der Waals surface area contributed by atoms with Gasteiger partial charge < -0.3 is 10.1 Å². The number of rotatable bonds is 3. The summed E-state index contributed by atoms with van der Waals surface area (Å²) in [6, 6.07) is 2.18. The van der Waals surface area contributed by atoms with E-state index in [0.717, 1.165) is 13.2 Å². The SMILES string of the molecule is CNCC1CCCOC1c1cc(Br)cs1. The van der Waals surface area contributed by atoms with Crippen LogP contribution in [0.3, 0.4) is 0 Å². The van der Waals surface area contributed by atoms with Gasteiger partial charge in [0.1, 0.15) is 0 Å². The minimum absolute atomic E-state index is 0.294. The van der Waals surface area contributed by atoms with E-state index in [1.165, 1.54) is 22.2 Å². The molecule has 1 N–H and O–H groups in total. The molecule has 2 rings (SSSR count). The van der Waals surface area contributed by atoms with E-state index >= 15 is 0 Å². The van der Waals surface area contributed by atoms with Crippen LogP contribution in [-0.2, 0) is 4.74 Å². The third-order valence-corrected chi connectivity index (χ3v) is 4.53. The molecule has 2 unspecified atom stereocenters. The molecule has 0 aromatic carbocycles. The van der Waals surface area contributed by atoms with Gasteiger partial charge in [-0.3, -0.25) is 0 Å². The molecule has 0 amide bonds. The fraction of sp³-hybridized carbons (Fsp3) is 0.636. The zero-order valence-electron chi connectivity index (χ0n) is 8.83. The topological polar surface area (TPSA) is 21.3 Å². The highest BCUT2D eigenvalue weighted by atomic mass is 79.9. The first-order valence-corrected chi connectivity index (χ1v) is 6.98. The van der Waals surface area contributed by atoms with Gasteiger partial charge in [0.15, 0.2) is 0 Å². The second kappa shape index (κ2) is 5.43. The zero-order chi connectivity index (χ0) is 10.7. The minimum Gasteiger partial charge on any atom is -0.372 e. The van der Waals surface area contributed by atoms with Crippen molar-refractivity contribution in [3.8, 4) is 0 Å². The molecular formula is C11H16BrNOS. The maximum Gasteiger partial charge on any atom is 0.0957 e. The number of hydrogen-bond donors (Lipinski definition) is 1. The highest BCUT2D eigenvalue weighted by molar-refractivity contribution is 9.10. The summed E-state index contributed by atoms with van der Waals surface area (Å²) in [5.74, 6) is 0.620. The van der Waals surface area contributed by atoms with Crippen LogP contribution in [0.4, 0.5) is 0 Å². The van der Waals surface area contributed by atoms with Gasteiger partial charge in [-0.25, -0.2) is 0 Å². The molecule has 15 heavy (non-hydrogen) atoms. The summed E-state index contributed by atoms with van der Waals surface area (Å²) in [7, 11) is 2.01. The number of thiophene rings is 1. The summed E-state index contributed by atoms with van der Waals surface area (Å²) in [5.41, 5.74) is 0. The molecule has 1 fully saturated rings. The molecule has 84 valence electrons. The Morgan fingerprint density at radius 1 is 1.67 bits per heavy atom. The predicted octanol–water partition coefficient (Wildman–Crippen LogP) is 3.20. The Bertz CT molecular complexity index is 313. The van der Waals surface area contributed by atoms with Crippen LogP contribution < -0.4 is 5.32 Å². The fourth-order valence-corrected chi connectivity index (χ4v) is 3.69. The Morgan fingerprint density at radius 2 is 2.53 bits per heavy atom. The average Bonchev–Trinajstić information content (AvgIpc) is 2.66. The molecule has 2 atom stereocenters. The Morgan fingerprint density at radius 3 is 3.20 bits per heavy atom. The smallest absolute Gasteiger partial charge is 0.0957 e. The van der Waals surface area contributed by atoms with E-state index < -0.39 is 0 Å². The number of ether oxygens (including phenoxy) is 1. The Balaban J connectivity index is 2.10. The van der Waals surface area contributed by atoms with Crippen molar-refractivity contribution < 1.29 is 4.74 Å². The zero-order valence-corrected chi connectivity index (χ0v) is 11.2. The van der Waals surface area contributed by atoms with Crippen LogP contribution in [0, 0.1) is 5.92 Å². The molecular weight excluding hydrogens is 274 g/mol. The van der Waals surface area contributed by atoms with Gasteiger partial charge in [0.05, 0.1) is 6.10 Å². The molecule has 0 saturated carbocycles. The van der Waals surface area contributed by atoms with Gasteiger partial charge in [-0.2, -0.15) is 0 Å². The summed E-state index contributed by atoms with van der Waals surface area (Å²) < 4.78 is 7.06. The van der Waals surface area contributed by atoms with Crippen LogP contribution in [-0.4, -0.2) is 20.2 Å². The number of nitrogens with one attached hydrogen (secondary N) is 1. The van der Waals surface area contributed by atoms with Crippen LogP contribution in [0.15, 0.2) is 15.9 Å². The van der Waals surface area contributed by atoms with Crippen LogP contribution in [0.1, 0.15) is 23.8 Å². The maximum absolute atomic E-state index is 5.89. The summed E-state index contributed by atoms with van der Waals surface area (Å²) in [5, 5.41) is 5.39. The quantitative estimate of drug-likeness (QED) is 0.923. The third kappa shape index (κ3) is 2.81. The largest absolute Gasteiger partial charge is 0.372 e. The lowest BCUT2D eigenvalue weighted by molar-refractivity contribution is -0.0251. The molecule has 0 bridgehead atoms. The molecule has 1 aromatic heterocycles. The normalized spacial score (nSPS) is 26.8. The van der Waals surface area contributed by atoms with Gasteiger partial charge in [-0.1, -0.05) is 0 Å². The van der Waals surface area contributed by atoms with Crippen molar-refractivity contribution in [2.45, 2.75) is 18.9 Å². The summed E-state index contributed by atoms with van der Waals surface area (Å²) >= 11 is 5.28. The first kappa shape index (κ1) is 11.6. The molecule has 1 aromatic rings. The van der Waals surface area contributed by atoms with E-state index in [0.29, 0.717) is 12.0 Å². The van der Waals surface area contributed by atoms with E-state index in [1.54, 1.807) is 11.3 Å². The van der Waals surface area contributed by atoms with Crippen molar-refractivity contribution in [3.05, 3.63) is 20.8 Å². The second-order valence-corrected chi connectivity index (χ2v) is 5.78. The first-order chi connectivity index (χ1) is 7.31. The van der Waals surface area contributed by atoms with Crippen molar-refractivity contribution in [1.82, 2.24) is 5.32 Å². The molecule has 0 radical (unpaired) electrons. The van der Waals surface area contributed by atoms with Gasteiger partial charge in [0, 0.05) is 33.8 Å². The maximum atomic E-state index is 5.89. The molecule has 1 aliphatic rings. The van der Waals surface area contributed by atoms with Crippen molar-refractivity contribution in [2.24, 2.45) is 5.92 Å². The van der Waals surface area contributed by atoms with Gasteiger partial charge in [0.2, 0.25) is 0 Å². The molecule has 1 aliphatic heterocycles. The van der Waals surface area contributed by atoms with E-state index in [-0.39, 0.29) is 0 Å². The molecule has 4 heteroatoms. The molecule has 1 saturated heterocycles. The summed E-state index contributed by atoms with van der Waals surface area (Å²) in [6.07, 6.45) is 2.75. The molecule has 0 spiro atoms.